The third kappa shape index (κ3) is 3.71. The number of rotatable bonds is 5. The molecule has 0 atom stereocenters. The van der Waals surface area contributed by atoms with Gasteiger partial charge < -0.3 is 0 Å². The Labute approximate surface area is 126 Å². The number of aliphatic imine (C=N–C) groups is 1. The van der Waals surface area contributed by atoms with E-state index in [-0.39, 0.29) is 5.41 Å². The number of hydrogen-bond donors (Lipinski definition) is 0. The predicted molar refractivity (Wildman–Crippen MR) is 86.7 cm³/mol. The van der Waals surface area contributed by atoms with Gasteiger partial charge in [0.05, 0.1) is 11.5 Å². The Kier molecular flexibility index (Phi) is 5.14. The van der Waals surface area contributed by atoms with E-state index in [9.17, 15) is 5.26 Å². The van der Waals surface area contributed by atoms with Gasteiger partial charge in [0.1, 0.15) is 5.17 Å². The highest BCUT2D eigenvalue weighted by molar-refractivity contribution is 6.70. The van der Waals surface area contributed by atoms with Gasteiger partial charge in [-0.05, 0) is 52.2 Å². The largest absolute Gasteiger partial charge is 0.241 e. The lowest BCUT2D eigenvalue weighted by molar-refractivity contribution is 0.812. The van der Waals surface area contributed by atoms with Crippen molar-refractivity contribution in [2.24, 2.45) is 10.4 Å². The standard InChI is InChI=1S/C17H21ClN2/c1-11(2)14(16(18)20-13(5)6)9-15(12(3)4)17(10-19)7-8-17/h9H,3,5,7-8H2,1-2,4,6H3/b15-9-,20-16+. The fourth-order valence-electron chi connectivity index (χ4n) is 2.02. The number of nitriles is 1. The van der Waals surface area contributed by atoms with E-state index < -0.39 is 0 Å². The zero-order chi connectivity index (χ0) is 15.5. The van der Waals surface area contributed by atoms with Crippen LogP contribution in [0.1, 0.15) is 40.5 Å². The molecule has 0 aromatic rings. The second kappa shape index (κ2) is 6.24. The molecule has 3 heteroatoms. The average Bonchev–Trinajstić information content (AvgIpc) is 3.08. The normalized spacial score (nSPS) is 17.2. The SMILES string of the molecule is C=C(C)/N=C(/Cl)C(/C=C(/C(=C)C)C1(C#N)CC1)=C(C)C. The second-order valence-electron chi connectivity index (χ2n) is 5.58. The van der Waals surface area contributed by atoms with Gasteiger partial charge in [-0.25, -0.2) is 4.99 Å². The Balaban J connectivity index is 3.34. The molecule has 1 rings (SSSR count). The van der Waals surface area contributed by atoms with Crippen LogP contribution in [0.5, 0.6) is 0 Å². The Hall–Kier alpha value is -1.59. The van der Waals surface area contributed by atoms with Crippen molar-refractivity contribution < 1.29 is 0 Å². The van der Waals surface area contributed by atoms with Crippen LogP contribution in [0.2, 0.25) is 0 Å². The van der Waals surface area contributed by atoms with Gasteiger partial charge in [0.25, 0.3) is 0 Å². The van der Waals surface area contributed by atoms with Crippen molar-refractivity contribution >= 4 is 16.8 Å². The third-order valence-corrected chi connectivity index (χ3v) is 3.57. The summed E-state index contributed by atoms with van der Waals surface area (Å²) in [6.07, 6.45) is 3.73. The van der Waals surface area contributed by atoms with Crippen LogP contribution in [0.3, 0.4) is 0 Å². The van der Waals surface area contributed by atoms with Crippen LogP contribution in [-0.2, 0) is 0 Å². The molecule has 1 aliphatic carbocycles. The fraction of sp³-hybridized carbons (Fsp3) is 0.412. The van der Waals surface area contributed by atoms with E-state index >= 15 is 0 Å². The van der Waals surface area contributed by atoms with Crippen LogP contribution in [0, 0.1) is 16.7 Å². The minimum absolute atomic E-state index is 0.382. The van der Waals surface area contributed by atoms with Crippen LogP contribution < -0.4 is 0 Å². The minimum atomic E-state index is -0.382. The number of halogens is 1. The summed E-state index contributed by atoms with van der Waals surface area (Å²) in [6, 6.07) is 2.41. The van der Waals surface area contributed by atoms with Crippen molar-refractivity contribution in [1.82, 2.24) is 0 Å². The number of allylic oxidation sites excluding steroid dienone is 6. The van der Waals surface area contributed by atoms with E-state index in [0.29, 0.717) is 10.9 Å². The molecule has 0 radical (unpaired) electrons. The van der Waals surface area contributed by atoms with Gasteiger partial charge in [-0.1, -0.05) is 35.9 Å². The quantitative estimate of drug-likeness (QED) is 0.499. The highest BCUT2D eigenvalue weighted by Gasteiger charge is 2.46. The maximum Gasteiger partial charge on any atom is 0.136 e. The van der Waals surface area contributed by atoms with Gasteiger partial charge in [0.2, 0.25) is 0 Å². The maximum absolute atomic E-state index is 9.39. The van der Waals surface area contributed by atoms with Gasteiger partial charge in [0, 0.05) is 11.3 Å². The molecule has 1 aliphatic rings. The summed E-state index contributed by atoms with van der Waals surface area (Å²) in [4.78, 5) is 4.21. The van der Waals surface area contributed by atoms with E-state index in [0.717, 1.165) is 35.1 Å². The molecule has 0 N–H and O–H groups in total. The number of nitrogens with zero attached hydrogens (tertiary/aromatic N) is 2. The Morgan fingerprint density at radius 3 is 2.10 bits per heavy atom. The van der Waals surface area contributed by atoms with Gasteiger partial charge in [-0.2, -0.15) is 5.26 Å². The van der Waals surface area contributed by atoms with E-state index in [2.05, 4.69) is 24.2 Å². The summed E-state index contributed by atoms with van der Waals surface area (Å²) in [5.41, 5.74) is 4.03. The molecule has 2 nitrogen and oxygen atoms in total. The van der Waals surface area contributed by atoms with Crippen LogP contribution in [0.15, 0.2) is 52.2 Å². The summed E-state index contributed by atoms with van der Waals surface area (Å²) in [5, 5.41) is 9.79. The smallest absolute Gasteiger partial charge is 0.136 e. The van der Waals surface area contributed by atoms with Crippen molar-refractivity contribution in [1.29, 1.82) is 5.26 Å². The molecular formula is C17H21ClN2. The van der Waals surface area contributed by atoms with Crippen LogP contribution in [0.4, 0.5) is 0 Å². The van der Waals surface area contributed by atoms with E-state index in [4.69, 9.17) is 11.6 Å². The molecule has 0 aromatic heterocycles. The van der Waals surface area contributed by atoms with Gasteiger partial charge >= 0.3 is 0 Å². The van der Waals surface area contributed by atoms with E-state index in [1.54, 1.807) is 6.92 Å². The van der Waals surface area contributed by atoms with E-state index in [1.807, 2.05) is 26.8 Å². The monoisotopic (exact) mass is 288 g/mol. The zero-order valence-corrected chi connectivity index (χ0v) is 13.4. The fourth-order valence-corrected chi connectivity index (χ4v) is 2.41. The average molecular weight is 289 g/mol. The lowest BCUT2D eigenvalue weighted by atomic mass is 9.89. The summed E-state index contributed by atoms with van der Waals surface area (Å²) in [6.45, 7) is 15.4. The summed E-state index contributed by atoms with van der Waals surface area (Å²) < 4.78 is 0. The lowest BCUT2D eigenvalue weighted by Gasteiger charge is -2.14. The minimum Gasteiger partial charge on any atom is -0.241 e. The number of hydrogen-bond acceptors (Lipinski definition) is 2. The summed E-state index contributed by atoms with van der Waals surface area (Å²) in [7, 11) is 0. The zero-order valence-electron chi connectivity index (χ0n) is 12.7. The summed E-state index contributed by atoms with van der Waals surface area (Å²) >= 11 is 6.27. The topological polar surface area (TPSA) is 36.1 Å². The molecule has 0 bridgehead atoms. The molecule has 0 aromatic carbocycles. The Morgan fingerprint density at radius 2 is 1.80 bits per heavy atom. The molecule has 0 amide bonds. The van der Waals surface area contributed by atoms with Crippen LogP contribution in [-0.4, -0.2) is 5.17 Å². The molecule has 0 spiro atoms. The first kappa shape index (κ1) is 16.5. The van der Waals surface area contributed by atoms with Gasteiger partial charge in [-0.3, -0.25) is 0 Å². The molecule has 0 saturated heterocycles. The summed E-state index contributed by atoms with van der Waals surface area (Å²) in [5.74, 6) is 0. The molecule has 0 heterocycles. The highest BCUT2D eigenvalue weighted by Crippen LogP contribution is 2.53. The molecule has 1 saturated carbocycles. The third-order valence-electron chi connectivity index (χ3n) is 3.28. The second-order valence-corrected chi connectivity index (χ2v) is 5.94. The first-order chi connectivity index (χ1) is 9.23. The van der Waals surface area contributed by atoms with Crippen LogP contribution in [0.25, 0.3) is 0 Å². The van der Waals surface area contributed by atoms with E-state index in [1.165, 1.54) is 0 Å². The Bertz CT molecular complexity index is 575. The van der Waals surface area contributed by atoms with Gasteiger partial charge in [0.15, 0.2) is 0 Å². The molecule has 106 valence electrons. The van der Waals surface area contributed by atoms with Crippen molar-refractivity contribution in [3.8, 4) is 6.07 Å². The maximum atomic E-state index is 9.39. The molecule has 1 fully saturated rings. The molecule has 0 unspecified atom stereocenters. The highest BCUT2D eigenvalue weighted by atomic mass is 35.5. The predicted octanol–water partition coefficient (Wildman–Crippen LogP) is 5.30. The Morgan fingerprint density at radius 1 is 1.25 bits per heavy atom. The van der Waals surface area contributed by atoms with Gasteiger partial charge in [-0.15, -0.1) is 0 Å². The molecule has 0 aliphatic heterocycles. The van der Waals surface area contributed by atoms with Crippen molar-refractivity contribution in [2.75, 3.05) is 0 Å². The van der Waals surface area contributed by atoms with Crippen LogP contribution >= 0.6 is 11.6 Å². The van der Waals surface area contributed by atoms with Crippen molar-refractivity contribution in [3.63, 3.8) is 0 Å². The molecule has 20 heavy (non-hydrogen) atoms. The first-order valence-electron chi connectivity index (χ1n) is 6.60. The van der Waals surface area contributed by atoms with Crippen molar-refractivity contribution in [3.05, 3.63) is 47.2 Å². The van der Waals surface area contributed by atoms with Crippen molar-refractivity contribution in [2.45, 2.75) is 40.5 Å². The molecular weight excluding hydrogens is 268 g/mol. The lowest BCUT2D eigenvalue weighted by Crippen LogP contribution is -2.05. The first-order valence-corrected chi connectivity index (χ1v) is 6.98.